The number of rotatable bonds is 6. The number of pyridine rings is 1. The van der Waals surface area contributed by atoms with Crippen LogP contribution < -0.4 is 11.1 Å². The zero-order valence-corrected chi connectivity index (χ0v) is 16.7. The highest BCUT2D eigenvalue weighted by molar-refractivity contribution is 5.77. The first kappa shape index (κ1) is 21.4. The van der Waals surface area contributed by atoms with Gasteiger partial charge in [-0.15, -0.1) is 0 Å². The van der Waals surface area contributed by atoms with Crippen molar-refractivity contribution < 1.29 is 13.2 Å². The third kappa shape index (κ3) is 5.37. The quantitative estimate of drug-likeness (QED) is 0.476. The van der Waals surface area contributed by atoms with E-state index >= 15 is 0 Å². The molecule has 0 atom stereocenters. The van der Waals surface area contributed by atoms with Gasteiger partial charge in [-0.2, -0.15) is 18.3 Å². The number of aliphatic imine (C=N–C) groups is 1. The fourth-order valence-electron chi connectivity index (χ4n) is 3.08. The van der Waals surface area contributed by atoms with Gasteiger partial charge in [0.1, 0.15) is 0 Å². The van der Waals surface area contributed by atoms with Crippen LogP contribution in [-0.2, 0) is 19.1 Å². The van der Waals surface area contributed by atoms with Gasteiger partial charge in [-0.3, -0.25) is 4.98 Å². The van der Waals surface area contributed by atoms with E-state index in [-0.39, 0.29) is 18.1 Å². The van der Waals surface area contributed by atoms with Gasteiger partial charge < -0.3 is 11.1 Å². The number of benzene rings is 1. The van der Waals surface area contributed by atoms with Crippen LogP contribution in [0.25, 0.3) is 5.69 Å². The molecule has 0 aliphatic rings. The zero-order chi connectivity index (χ0) is 21.7. The van der Waals surface area contributed by atoms with E-state index in [1.807, 2.05) is 24.3 Å². The van der Waals surface area contributed by atoms with Gasteiger partial charge in [0.05, 0.1) is 23.5 Å². The molecule has 0 saturated heterocycles. The summed E-state index contributed by atoms with van der Waals surface area (Å²) in [6.07, 6.45) is -2.19. The SMILES string of the molecule is Cc1cc(C)n(-c2ccc(CN=C(N)NCCc3ccccn3)c(C(F)(F)F)c2)n1. The number of halogens is 3. The van der Waals surface area contributed by atoms with Crippen molar-refractivity contribution in [3.05, 3.63) is 76.9 Å². The van der Waals surface area contributed by atoms with E-state index in [1.54, 1.807) is 26.1 Å². The summed E-state index contributed by atoms with van der Waals surface area (Å²) in [7, 11) is 0. The lowest BCUT2D eigenvalue weighted by Crippen LogP contribution is -2.33. The highest BCUT2D eigenvalue weighted by Gasteiger charge is 2.33. The smallest absolute Gasteiger partial charge is 0.370 e. The molecule has 30 heavy (non-hydrogen) atoms. The molecule has 0 amide bonds. The molecule has 158 valence electrons. The van der Waals surface area contributed by atoms with Crippen LogP contribution in [0.5, 0.6) is 0 Å². The van der Waals surface area contributed by atoms with Gasteiger partial charge in [0.25, 0.3) is 0 Å². The lowest BCUT2D eigenvalue weighted by atomic mass is 10.1. The predicted octanol–water partition coefficient (Wildman–Crippen LogP) is 3.55. The van der Waals surface area contributed by atoms with E-state index in [1.165, 1.54) is 10.7 Å². The first-order valence-corrected chi connectivity index (χ1v) is 9.41. The minimum Gasteiger partial charge on any atom is -0.370 e. The van der Waals surface area contributed by atoms with Gasteiger partial charge in [-0.05, 0) is 49.7 Å². The van der Waals surface area contributed by atoms with Crippen LogP contribution in [0.15, 0.2) is 53.7 Å². The second-order valence-corrected chi connectivity index (χ2v) is 6.88. The van der Waals surface area contributed by atoms with E-state index in [2.05, 4.69) is 20.4 Å². The van der Waals surface area contributed by atoms with Crippen molar-refractivity contribution in [3.8, 4) is 5.69 Å². The Morgan fingerprint density at radius 1 is 1.17 bits per heavy atom. The Morgan fingerprint density at radius 2 is 1.97 bits per heavy atom. The number of aromatic nitrogens is 3. The van der Waals surface area contributed by atoms with Crippen molar-refractivity contribution in [3.63, 3.8) is 0 Å². The third-order valence-electron chi connectivity index (χ3n) is 4.49. The van der Waals surface area contributed by atoms with Gasteiger partial charge in [0, 0.05) is 30.6 Å². The number of hydrogen-bond donors (Lipinski definition) is 2. The summed E-state index contributed by atoms with van der Waals surface area (Å²) >= 11 is 0. The maximum Gasteiger partial charge on any atom is 0.416 e. The molecule has 0 spiro atoms. The molecule has 3 aromatic rings. The highest BCUT2D eigenvalue weighted by atomic mass is 19.4. The molecular weight excluding hydrogens is 393 g/mol. The minimum absolute atomic E-state index is 0.0438. The molecular formula is C21H23F3N6. The summed E-state index contributed by atoms with van der Waals surface area (Å²) in [6, 6.07) is 11.5. The standard InChI is InChI=1S/C21H23F3N6/c1-14-11-15(2)30(29-14)18-7-6-16(19(12-18)21(22,23)24)13-28-20(25)27-10-8-17-5-3-4-9-26-17/h3-7,9,11-12H,8,10,13H2,1-2H3,(H3,25,27,28). The number of aryl methyl sites for hydroxylation is 2. The van der Waals surface area contributed by atoms with E-state index in [0.717, 1.165) is 23.1 Å². The molecule has 0 aliphatic carbocycles. The molecule has 6 nitrogen and oxygen atoms in total. The number of nitrogens with zero attached hydrogens (tertiary/aromatic N) is 4. The van der Waals surface area contributed by atoms with E-state index in [0.29, 0.717) is 18.7 Å². The number of alkyl halides is 3. The summed E-state index contributed by atoms with van der Waals surface area (Å²) in [5.41, 5.74) is 7.83. The van der Waals surface area contributed by atoms with Gasteiger partial charge in [0.15, 0.2) is 5.96 Å². The highest BCUT2D eigenvalue weighted by Crippen LogP contribution is 2.34. The predicted molar refractivity (Wildman–Crippen MR) is 109 cm³/mol. The molecule has 0 aliphatic heterocycles. The summed E-state index contributed by atoms with van der Waals surface area (Å²) < 4.78 is 42.4. The number of guanidine groups is 1. The van der Waals surface area contributed by atoms with Crippen LogP contribution in [0.4, 0.5) is 13.2 Å². The Balaban J connectivity index is 1.73. The van der Waals surface area contributed by atoms with Crippen molar-refractivity contribution in [2.24, 2.45) is 10.7 Å². The van der Waals surface area contributed by atoms with Crippen LogP contribution >= 0.6 is 0 Å². The maximum atomic E-state index is 13.6. The van der Waals surface area contributed by atoms with E-state index < -0.39 is 11.7 Å². The molecule has 0 unspecified atom stereocenters. The van der Waals surface area contributed by atoms with Crippen LogP contribution in [0.3, 0.4) is 0 Å². The zero-order valence-electron chi connectivity index (χ0n) is 16.7. The Morgan fingerprint density at radius 3 is 2.60 bits per heavy atom. The average Bonchev–Trinajstić information content (AvgIpc) is 3.04. The molecule has 0 bridgehead atoms. The van der Waals surface area contributed by atoms with Crippen LogP contribution in [-0.4, -0.2) is 27.3 Å². The Bertz CT molecular complexity index is 1020. The van der Waals surface area contributed by atoms with Crippen LogP contribution in [0.1, 0.15) is 28.2 Å². The normalized spacial score (nSPS) is 12.2. The van der Waals surface area contributed by atoms with E-state index in [9.17, 15) is 13.2 Å². The Kier molecular flexibility index (Phi) is 6.39. The summed E-state index contributed by atoms with van der Waals surface area (Å²) in [5, 5.41) is 7.15. The average molecular weight is 416 g/mol. The maximum absolute atomic E-state index is 13.6. The molecule has 2 heterocycles. The largest absolute Gasteiger partial charge is 0.416 e. The molecule has 2 aromatic heterocycles. The number of hydrogen-bond acceptors (Lipinski definition) is 3. The van der Waals surface area contributed by atoms with E-state index in [4.69, 9.17) is 5.73 Å². The Hall–Kier alpha value is -3.36. The second kappa shape index (κ2) is 8.98. The number of nitrogens with one attached hydrogen (secondary N) is 1. The van der Waals surface area contributed by atoms with Crippen LogP contribution in [0.2, 0.25) is 0 Å². The van der Waals surface area contributed by atoms with Crippen molar-refractivity contribution in [2.75, 3.05) is 6.54 Å². The van der Waals surface area contributed by atoms with Crippen molar-refractivity contribution >= 4 is 5.96 Å². The van der Waals surface area contributed by atoms with Gasteiger partial charge in [-0.25, -0.2) is 9.67 Å². The van der Waals surface area contributed by atoms with Gasteiger partial charge in [0.2, 0.25) is 0 Å². The first-order chi connectivity index (χ1) is 14.2. The molecule has 3 rings (SSSR count). The molecule has 3 N–H and O–H groups in total. The van der Waals surface area contributed by atoms with Crippen molar-refractivity contribution in [2.45, 2.75) is 33.0 Å². The summed E-state index contributed by atoms with van der Waals surface area (Å²) in [6.45, 7) is 3.88. The lowest BCUT2D eigenvalue weighted by Gasteiger charge is -2.14. The fourth-order valence-corrected chi connectivity index (χ4v) is 3.08. The fraction of sp³-hybridized carbons (Fsp3) is 0.286. The Labute approximate surface area is 172 Å². The number of nitrogens with two attached hydrogens (primary N) is 1. The topological polar surface area (TPSA) is 81.1 Å². The molecule has 0 radical (unpaired) electrons. The van der Waals surface area contributed by atoms with Crippen LogP contribution in [0, 0.1) is 13.8 Å². The van der Waals surface area contributed by atoms with Crippen molar-refractivity contribution in [1.29, 1.82) is 0 Å². The van der Waals surface area contributed by atoms with Crippen molar-refractivity contribution in [1.82, 2.24) is 20.1 Å². The third-order valence-corrected chi connectivity index (χ3v) is 4.49. The minimum atomic E-state index is -4.52. The van der Waals surface area contributed by atoms with Gasteiger partial charge in [-0.1, -0.05) is 12.1 Å². The monoisotopic (exact) mass is 416 g/mol. The second-order valence-electron chi connectivity index (χ2n) is 6.88. The van der Waals surface area contributed by atoms with Gasteiger partial charge >= 0.3 is 6.18 Å². The molecule has 9 heteroatoms. The molecule has 0 fully saturated rings. The summed E-state index contributed by atoms with van der Waals surface area (Å²) in [5.74, 6) is 0.0849. The molecule has 0 saturated carbocycles. The lowest BCUT2D eigenvalue weighted by molar-refractivity contribution is -0.138. The molecule has 1 aromatic carbocycles. The first-order valence-electron chi connectivity index (χ1n) is 9.41. The summed E-state index contributed by atoms with van der Waals surface area (Å²) in [4.78, 5) is 8.26.